The lowest BCUT2D eigenvalue weighted by Crippen LogP contribution is -2.12. The maximum atomic E-state index is 12.2. The van der Waals surface area contributed by atoms with Crippen molar-refractivity contribution in [1.29, 1.82) is 0 Å². The van der Waals surface area contributed by atoms with Gasteiger partial charge in [-0.1, -0.05) is 31.1 Å². The minimum atomic E-state index is -0.338. The van der Waals surface area contributed by atoms with Crippen LogP contribution in [0.2, 0.25) is 0 Å². The lowest BCUT2D eigenvalue weighted by atomic mass is 10.1. The van der Waals surface area contributed by atoms with Crippen LogP contribution in [0.1, 0.15) is 53.6 Å². The van der Waals surface area contributed by atoms with Gasteiger partial charge in [-0.05, 0) is 30.5 Å². The van der Waals surface area contributed by atoms with Gasteiger partial charge in [0.2, 0.25) is 5.76 Å². The second-order valence-electron chi connectivity index (χ2n) is 5.19. The Morgan fingerprint density at radius 1 is 1.43 bits per heavy atom. The standard InChI is InChI=1S/C16H20N2O3/c1-4-10(2)14-8-15(21-18-14)16(20)17-13-7-12(9-19)6-5-11(13)3/h5-8,10,19H,4,9H2,1-3H3,(H,17,20). The maximum Gasteiger partial charge on any atom is 0.294 e. The van der Waals surface area contributed by atoms with E-state index in [-0.39, 0.29) is 24.2 Å². The van der Waals surface area contributed by atoms with Gasteiger partial charge in [-0.2, -0.15) is 0 Å². The van der Waals surface area contributed by atoms with Crippen LogP contribution in [0.3, 0.4) is 0 Å². The Balaban J connectivity index is 2.16. The smallest absolute Gasteiger partial charge is 0.294 e. The van der Waals surface area contributed by atoms with Crippen molar-refractivity contribution in [3.63, 3.8) is 0 Å². The van der Waals surface area contributed by atoms with Crippen molar-refractivity contribution in [2.24, 2.45) is 0 Å². The van der Waals surface area contributed by atoms with Crippen molar-refractivity contribution in [3.8, 4) is 0 Å². The summed E-state index contributed by atoms with van der Waals surface area (Å²) < 4.78 is 5.11. The number of carbonyl (C=O) groups is 1. The highest BCUT2D eigenvalue weighted by molar-refractivity contribution is 6.02. The van der Waals surface area contributed by atoms with Gasteiger partial charge in [-0.3, -0.25) is 4.79 Å². The molecule has 5 nitrogen and oxygen atoms in total. The summed E-state index contributed by atoms with van der Waals surface area (Å²) in [6.45, 7) is 5.92. The summed E-state index contributed by atoms with van der Waals surface area (Å²) in [5, 5.41) is 15.9. The fourth-order valence-electron chi connectivity index (χ4n) is 1.92. The van der Waals surface area contributed by atoms with E-state index in [4.69, 9.17) is 9.63 Å². The van der Waals surface area contributed by atoms with Crippen molar-refractivity contribution in [2.45, 2.75) is 39.7 Å². The quantitative estimate of drug-likeness (QED) is 0.885. The highest BCUT2D eigenvalue weighted by Gasteiger charge is 2.16. The van der Waals surface area contributed by atoms with Crippen LogP contribution in [0.4, 0.5) is 5.69 Å². The molecule has 0 spiro atoms. The zero-order valence-corrected chi connectivity index (χ0v) is 12.5. The number of aryl methyl sites for hydroxylation is 1. The van der Waals surface area contributed by atoms with Gasteiger partial charge in [-0.25, -0.2) is 0 Å². The van der Waals surface area contributed by atoms with Crippen LogP contribution in [0, 0.1) is 6.92 Å². The first-order chi connectivity index (χ1) is 10.0. The molecule has 5 heteroatoms. The summed E-state index contributed by atoms with van der Waals surface area (Å²) in [4.78, 5) is 12.2. The summed E-state index contributed by atoms with van der Waals surface area (Å²) in [5.41, 5.74) is 3.10. The number of rotatable bonds is 5. The number of nitrogens with one attached hydrogen (secondary N) is 1. The largest absolute Gasteiger partial charge is 0.392 e. The number of aliphatic hydroxyl groups excluding tert-OH is 1. The normalized spacial score (nSPS) is 12.2. The van der Waals surface area contributed by atoms with E-state index < -0.39 is 0 Å². The predicted molar refractivity (Wildman–Crippen MR) is 80.3 cm³/mol. The molecule has 2 aromatic rings. The van der Waals surface area contributed by atoms with Gasteiger partial charge in [0.25, 0.3) is 5.91 Å². The molecular weight excluding hydrogens is 268 g/mol. The molecule has 1 atom stereocenters. The SMILES string of the molecule is CCC(C)c1cc(C(=O)Nc2cc(CO)ccc2C)on1. The number of hydrogen-bond donors (Lipinski definition) is 2. The van der Waals surface area contributed by atoms with E-state index in [9.17, 15) is 4.79 Å². The summed E-state index contributed by atoms with van der Waals surface area (Å²) in [6, 6.07) is 7.10. The average Bonchev–Trinajstić information content (AvgIpc) is 2.98. The number of anilines is 1. The second kappa shape index (κ2) is 6.54. The Hall–Kier alpha value is -2.14. The maximum absolute atomic E-state index is 12.2. The molecule has 0 radical (unpaired) electrons. The Bertz CT molecular complexity index is 634. The van der Waals surface area contributed by atoms with Crippen LogP contribution in [0.5, 0.6) is 0 Å². The first-order valence-corrected chi connectivity index (χ1v) is 7.03. The fraction of sp³-hybridized carbons (Fsp3) is 0.375. The van der Waals surface area contributed by atoms with Crippen molar-refractivity contribution in [1.82, 2.24) is 5.16 Å². The van der Waals surface area contributed by atoms with Gasteiger partial charge >= 0.3 is 0 Å². The highest BCUT2D eigenvalue weighted by Crippen LogP contribution is 2.21. The molecule has 1 aromatic heterocycles. The summed E-state index contributed by atoms with van der Waals surface area (Å²) in [6.07, 6.45) is 0.936. The van der Waals surface area contributed by atoms with Crippen molar-refractivity contribution in [3.05, 3.63) is 46.8 Å². The van der Waals surface area contributed by atoms with Crippen molar-refractivity contribution < 1.29 is 14.4 Å². The number of nitrogens with zero attached hydrogens (tertiary/aromatic N) is 1. The van der Waals surface area contributed by atoms with Crippen LogP contribution < -0.4 is 5.32 Å². The molecule has 1 aromatic carbocycles. The molecule has 0 aliphatic carbocycles. The third kappa shape index (κ3) is 3.49. The number of aromatic nitrogens is 1. The first kappa shape index (κ1) is 15.3. The van der Waals surface area contributed by atoms with Gasteiger partial charge in [-0.15, -0.1) is 0 Å². The molecule has 1 amide bonds. The summed E-state index contributed by atoms with van der Waals surface area (Å²) in [7, 11) is 0. The van der Waals surface area contributed by atoms with Crippen LogP contribution in [0.25, 0.3) is 0 Å². The van der Waals surface area contributed by atoms with Crippen molar-refractivity contribution in [2.75, 3.05) is 5.32 Å². The number of carbonyl (C=O) groups excluding carboxylic acids is 1. The van der Waals surface area contributed by atoms with E-state index in [2.05, 4.69) is 17.4 Å². The van der Waals surface area contributed by atoms with Crippen LogP contribution in [0.15, 0.2) is 28.8 Å². The summed E-state index contributed by atoms with van der Waals surface area (Å²) in [5.74, 6) is 0.115. The molecule has 0 fully saturated rings. The number of benzene rings is 1. The van der Waals surface area contributed by atoms with Gasteiger partial charge in [0.1, 0.15) is 0 Å². The van der Waals surface area contributed by atoms with E-state index in [1.807, 2.05) is 26.0 Å². The Morgan fingerprint density at radius 2 is 2.19 bits per heavy atom. The minimum Gasteiger partial charge on any atom is -0.392 e. The molecule has 2 rings (SSSR count). The van der Waals surface area contributed by atoms with Gasteiger partial charge in [0.05, 0.1) is 12.3 Å². The van der Waals surface area contributed by atoms with E-state index in [1.165, 1.54) is 0 Å². The Labute approximate surface area is 124 Å². The molecule has 2 N–H and O–H groups in total. The van der Waals surface area contributed by atoms with Gasteiger partial charge < -0.3 is 14.9 Å². The molecule has 0 bridgehead atoms. The van der Waals surface area contributed by atoms with E-state index >= 15 is 0 Å². The third-order valence-corrected chi connectivity index (χ3v) is 3.60. The zero-order chi connectivity index (χ0) is 15.4. The highest BCUT2D eigenvalue weighted by atomic mass is 16.5. The first-order valence-electron chi connectivity index (χ1n) is 7.03. The minimum absolute atomic E-state index is 0.0659. The van der Waals surface area contributed by atoms with Crippen LogP contribution >= 0.6 is 0 Å². The molecular formula is C16H20N2O3. The topological polar surface area (TPSA) is 75.4 Å². The zero-order valence-electron chi connectivity index (χ0n) is 12.5. The third-order valence-electron chi connectivity index (χ3n) is 3.60. The van der Waals surface area contributed by atoms with Crippen LogP contribution in [-0.2, 0) is 6.61 Å². The lowest BCUT2D eigenvalue weighted by molar-refractivity contribution is 0.0987. The lowest BCUT2D eigenvalue weighted by Gasteiger charge is -2.08. The van der Waals surface area contributed by atoms with E-state index in [0.29, 0.717) is 5.69 Å². The number of aliphatic hydroxyl groups is 1. The van der Waals surface area contributed by atoms with Crippen LogP contribution in [-0.4, -0.2) is 16.2 Å². The van der Waals surface area contributed by atoms with E-state index in [0.717, 1.165) is 23.2 Å². The Morgan fingerprint density at radius 3 is 2.86 bits per heavy atom. The molecule has 0 saturated heterocycles. The fourth-order valence-corrected chi connectivity index (χ4v) is 1.92. The van der Waals surface area contributed by atoms with Gasteiger partial charge in [0.15, 0.2) is 0 Å². The predicted octanol–water partition coefficient (Wildman–Crippen LogP) is 3.24. The molecule has 0 saturated carbocycles. The van der Waals surface area contributed by atoms with Crippen molar-refractivity contribution >= 4 is 11.6 Å². The number of amides is 1. The monoisotopic (exact) mass is 288 g/mol. The molecule has 0 aliphatic rings. The summed E-state index contributed by atoms with van der Waals surface area (Å²) >= 11 is 0. The molecule has 1 unspecified atom stereocenters. The molecule has 112 valence electrons. The Kier molecular flexibility index (Phi) is 4.75. The molecule has 1 heterocycles. The number of hydrogen-bond acceptors (Lipinski definition) is 4. The molecule has 21 heavy (non-hydrogen) atoms. The van der Waals surface area contributed by atoms with Gasteiger partial charge in [0, 0.05) is 17.7 Å². The van der Waals surface area contributed by atoms with E-state index in [1.54, 1.807) is 12.1 Å². The molecule has 0 aliphatic heterocycles. The second-order valence-corrected chi connectivity index (χ2v) is 5.19. The average molecular weight is 288 g/mol.